The number of hydrogen-bond donors (Lipinski definition) is 1. The number of methoxy groups -OCH3 is 1. The number of halogens is 1. The molecule has 27 heavy (non-hydrogen) atoms. The van der Waals surface area contributed by atoms with Crippen molar-refractivity contribution in [2.24, 2.45) is 7.05 Å². The molecule has 0 radical (unpaired) electrons. The SMILES string of the molecule is COc1ccccc1-c1nnc(SC(C)C(=O)Nc2ccccc2F)n1C. The number of nitrogens with one attached hydrogen (secondary N) is 1. The molecule has 6 nitrogen and oxygen atoms in total. The lowest BCUT2D eigenvalue weighted by Gasteiger charge is -2.12. The molecule has 1 atom stereocenters. The van der Waals surface area contributed by atoms with Crippen LogP contribution in [0.4, 0.5) is 10.1 Å². The summed E-state index contributed by atoms with van der Waals surface area (Å²) in [6.07, 6.45) is 0. The molecule has 3 aromatic rings. The molecule has 0 bridgehead atoms. The predicted octanol–water partition coefficient (Wildman–Crippen LogP) is 3.75. The first kappa shape index (κ1) is 18.9. The van der Waals surface area contributed by atoms with Gasteiger partial charge in [0.05, 0.1) is 23.6 Å². The number of benzene rings is 2. The Hall–Kier alpha value is -2.87. The minimum atomic E-state index is -0.488. The minimum Gasteiger partial charge on any atom is -0.496 e. The number of ether oxygens (including phenoxy) is 1. The van der Waals surface area contributed by atoms with E-state index in [4.69, 9.17) is 4.74 Å². The molecule has 8 heteroatoms. The maximum atomic E-state index is 13.7. The van der Waals surface area contributed by atoms with Gasteiger partial charge in [-0.05, 0) is 31.2 Å². The van der Waals surface area contributed by atoms with E-state index in [9.17, 15) is 9.18 Å². The highest BCUT2D eigenvalue weighted by Crippen LogP contribution is 2.31. The quantitative estimate of drug-likeness (QED) is 0.654. The molecule has 2 aromatic carbocycles. The van der Waals surface area contributed by atoms with E-state index in [1.165, 1.54) is 23.9 Å². The lowest BCUT2D eigenvalue weighted by Crippen LogP contribution is -2.23. The molecule has 1 amide bonds. The van der Waals surface area contributed by atoms with Crippen molar-refractivity contribution in [3.8, 4) is 17.1 Å². The third-order valence-corrected chi connectivity index (χ3v) is 5.10. The fourth-order valence-electron chi connectivity index (χ4n) is 2.49. The van der Waals surface area contributed by atoms with Crippen LogP contribution < -0.4 is 10.1 Å². The van der Waals surface area contributed by atoms with Crippen molar-refractivity contribution in [1.82, 2.24) is 14.8 Å². The van der Waals surface area contributed by atoms with Gasteiger partial charge < -0.3 is 14.6 Å². The number of rotatable bonds is 6. The van der Waals surface area contributed by atoms with Gasteiger partial charge in [0.25, 0.3) is 0 Å². The topological polar surface area (TPSA) is 69.0 Å². The van der Waals surface area contributed by atoms with E-state index in [0.717, 1.165) is 5.56 Å². The van der Waals surface area contributed by atoms with Crippen LogP contribution in [0.5, 0.6) is 5.75 Å². The second-order valence-electron chi connectivity index (χ2n) is 5.79. The lowest BCUT2D eigenvalue weighted by molar-refractivity contribution is -0.115. The van der Waals surface area contributed by atoms with Gasteiger partial charge in [-0.3, -0.25) is 4.79 Å². The third kappa shape index (κ3) is 4.11. The Balaban J connectivity index is 1.75. The van der Waals surface area contributed by atoms with Crippen molar-refractivity contribution in [3.63, 3.8) is 0 Å². The molecule has 1 aromatic heterocycles. The second kappa shape index (κ2) is 8.22. The van der Waals surface area contributed by atoms with Gasteiger partial charge in [0.2, 0.25) is 5.91 Å². The number of thioether (sulfide) groups is 1. The van der Waals surface area contributed by atoms with E-state index < -0.39 is 11.1 Å². The third-order valence-electron chi connectivity index (χ3n) is 3.97. The molecular formula is C19H19FN4O2S. The number of aromatic nitrogens is 3. The normalized spacial score (nSPS) is 11.9. The van der Waals surface area contributed by atoms with Crippen molar-refractivity contribution in [2.45, 2.75) is 17.3 Å². The van der Waals surface area contributed by atoms with Crippen LogP contribution in [0.1, 0.15) is 6.92 Å². The molecule has 0 aliphatic carbocycles. The monoisotopic (exact) mass is 386 g/mol. The smallest absolute Gasteiger partial charge is 0.237 e. The number of para-hydroxylation sites is 2. The lowest BCUT2D eigenvalue weighted by atomic mass is 10.2. The van der Waals surface area contributed by atoms with E-state index in [1.54, 1.807) is 30.7 Å². The van der Waals surface area contributed by atoms with E-state index in [1.807, 2.05) is 31.3 Å². The van der Waals surface area contributed by atoms with Crippen molar-refractivity contribution in [2.75, 3.05) is 12.4 Å². The van der Waals surface area contributed by atoms with E-state index in [-0.39, 0.29) is 11.6 Å². The highest BCUT2D eigenvalue weighted by atomic mass is 32.2. The first-order chi connectivity index (χ1) is 13.0. The van der Waals surface area contributed by atoms with Crippen LogP contribution in [-0.4, -0.2) is 33.0 Å². The van der Waals surface area contributed by atoms with Crippen LogP contribution >= 0.6 is 11.8 Å². The Morgan fingerprint density at radius 2 is 1.89 bits per heavy atom. The van der Waals surface area contributed by atoms with Crippen LogP contribution in [0.25, 0.3) is 11.4 Å². The standard InChI is InChI=1S/C19H19FN4O2S/c1-12(18(25)21-15-10-6-5-9-14(15)20)27-19-23-22-17(24(19)2)13-8-4-7-11-16(13)26-3/h4-12H,1-3H3,(H,21,25). The summed E-state index contributed by atoms with van der Waals surface area (Å²) in [6, 6.07) is 13.6. The molecule has 1 unspecified atom stereocenters. The van der Waals surface area contributed by atoms with Gasteiger partial charge in [0.15, 0.2) is 11.0 Å². The Morgan fingerprint density at radius 3 is 2.63 bits per heavy atom. The highest BCUT2D eigenvalue weighted by Gasteiger charge is 2.21. The van der Waals surface area contributed by atoms with Crippen molar-refractivity contribution >= 4 is 23.4 Å². The Labute approximate surface area is 160 Å². The molecule has 0 aliphatic rings. The minimum absolute atomic E-state index is 0.155. The zero-order valence-corrected chi connectivity index (χ0v) is 16.0. The molecule has 3 rings (SSSR count). The maximum absolute atomic E-state index is 13.7. The summed E-state index contributed by atoms with van der Waals surface area (Å²) in [4.78, 5) is 12.4. The summed E-state index contributed by atoms with van der Waals surface area (Å²) >= 11 is 1.25. The average Bonchev–Trinajstić information content (AvgIpc) is 3.03. The Bertz CT molecular complexity index is 960. The zero-order valence-electron chi connectivity index (χ0n) is 15.1. The molecule has 0 fully saturated rings. The summed E-state index contributed by atoms with van der Waals surface area (Å²) in [5.74, 6) is 0.540. The Morgan fingerprint density at radius 1 is 1.19 bits per heavy atom. The van der Waals surface area contributed by atoms with Crippen LogP contribution in [0.2, 0.25) is 0 Å². The highest BCUT2D eigenvalue weighted by molar-refractivity contribution is 8.00. The van der Waals surface area contributed by atoms with Crippen molar-refractivity contribution in [1.29, 1.82) is 0 Å². The van der Waals surface area contributed by atoms with Crippen LogP contribution in [0.3, 0.4) is 0 Å². The molecule has 1 N–H and O–H groups in total. The summed E-state index contributed by atoms with van der Waals surface area (Å²) in [5, 5.41) is 11.1. The number of amides is 1. The largest absolute Gasteiger partial charge is 0.496 e. The van der Waals surface area contributed by atoms with Gasteiger partial charge in [0, 0.05) is 7.05 Å². The first-order valence-corrected chi connectivity index (χ1v) is 9.14. The van der Waals surface area contributed by atoms with Gasteiger partial charge in [-0.1, -0.05) is 36.0 Å². The predicted molar refractivity (Wildman–Crippen MR) is 103 cm³/mol. The summed E-state index contributed by atoms with van der Waals surface area (Å²) in [5.41, 5.74) is 0.966. The Kier molecular flexibility index (Phi) is 5.75. The molecule has 0 aliphatic heterocycles. The van der Waals surface area contributed by atoms with Gasteiger partial charge >= 0.3 is 0 Å². The molecular weight excluding hydrogens is 367 g/mol. The summed E-state index contributed by atoms with van der Waals surface area (Å²) < 4.78 is 20.9. The fourth-order valence-corrected chi connectivity index (χ4v) is 3.30. The molecule has 0 saturated carbocycles. The van der Waals surface area contributed by atoms with E-state index in [0.29, 0.717) is 16.7 Å². The average molecular weight is 386 g/mol. The number of carbonyl (C=O) groups is 1. The number of anilines is 1. The molecule has 0 saturated heterocycles. The van der Waals surface area contributed by atoms with Crippen molar-refractivity contribution in [3.05, 3.63) is 54.3 Å². The van der Waals surface area contributed by atoms with Gasteiger partial charge in [-0.25, -0.2) is 4.39 Å². The summed E-state index contributed by atoms with van der Waals surface area (Å²) in [7, 11) is 3.42. The number of nitrogens with zero attached hydrogens (tertiary/aromatic N) is 3. The van der Waals surface area contributed by atoms with E-state index in [2.05, 4.69) is 15.5 Å². The van der Waals surface area contributed by atoms with Crippen LogP contribution in [0.15, 0.2) is 53.7 Å². The first-order valence-electron chi connectivity index (χ1n) is 8.26. The van der Waals surface area contributed by atoms with E-state index >= 15 is 0 Å². The molecule has 1 heterocycles. The summed E-state index contributed by atoms with van der Waals surface area (Å²) in [6.45, 7) is 1.73. The van der Waals surface area contributed by atoms with Gasteiger partial charge in [-0.2, -0.15) is 0 Å². The molecule has 0 spiro atoms. The zero-order chi connectivity index (χ0) is 19.4. The van der Waals surface area contributed by atoms with Crippen molar-refractivity contribution < 1.29 is 13.9 Å². The number of carbonyl (C=O) groups excluding carboxylic acids is 1. The fraction of sp³-hybridized carbons (Fsp3) is 0.211. The van der Waals surface area contributed by atoms with Gasteiger partial charge in [-0.15, -0.1) is 10.2 Å². The number of hydrogen-bond acceptors (Lipinski definition) is 5. The van der Waals surface area contributed by atoms with Crippen LogP contribution in [-0.2, 0) is 11.8 Å². The molecule has 140 valence electrons. The van der Waals surface area contributed by atoms with Gasteiger partial charge in [0.1, 0.15) is 11.6 Å². The maximum Gasteiger partial charge on any atom is 0.237 e. The van der Waals surface area contributed by atoms with Crippen LogP contribution in [0, 0.1) is 5.82 Å². The second-order valence-corrected chi connectivity index (χ2v) is 7.10.